The Kier molecular flexibility index (Phi) is 1.80. The van der Waals surface area contributed by atoms with Crippen molar-refractivity contribution >= 4 is 12.2 Å². The molecule has 0 aliphatic heterocycles. The first-order valence-electron chi connectivity index (χ1n) is 3.64. The summed E-state index contributed by atoms with van der Waals surface area (Å²) in [5, 5.41) is 0.846. The van der Waals surface area contributed by atoms with E-state index in [9.17, 15) is 4.20 Å². The molecule has 0 aliphatic rings. The standard InChI is InChI=1S/C9H14FP/c1-11(2,3,10)9-7-5-4-6-8-9/h4-8H,1-3H3. The molecule has 62 valence electrons. The molecular formula is C9H14FP. The molecule has 0 N–H and O–H groups in total. The molecule has 0 amide bonds. The molecule has 0 unspecified atom stereocenters. The molecule has 0 atom stereocenters. The van der Waals surface area contributed by atoms with E-state index in [-0.39, 0.29) is 0 Å². The quantitative estimate of drug-likeness (QED) is 0.571. The maximum atomic E-state index is 13.9. The van der Waals surface area contributed by atoms with Gasteiger partial charge in [0.2, 0.25) is 0 Å². The van der Waals surface area contributed by atoms with Gasteiger partial charge in [0.25, 0.3) is 0 Å². The number of benzene rings is 1. The van der Waals surface area contributed by atoms with Gasteiger partial charge in [0.1, 0.15) is 0 Å². The second-order valence-corrected chi connectivity index (χ2v) is 9.66. The zero-order valence-electron chi connectivity index (χ0n) is 7.21. The van der Waals surface area contributed by atoms with E-state index < -0.39 is 6.91 Å². The Morgan fingerprint density at radius 1 is 1.00 bits per heavy atom. The molecule has 0 saturated heterocycles. The molecule has 1 rings (SSSR count). The van der Waals surface area contributed by atoms with Crippen molar-refractivity contribution in [1.82, 2.24) is 0 Å². The second kappa shape index (κ2) is 2.28. The van der Waals surface area contributed by atoms with Gasteiger partial charge in [-0.05, 0) is 0 Å². The Balaban J connectivity index is 3.14. The van der Waals surface area contributed by atoms with Crippen LogP contribution in [0.3, 0.4) is 0 Å². The van der Waals surface area contributed by atoms with E-state index in [0.717, 1.165) is 5.30 Å². The van der Waals surface area contributed by atoms with Gasteiger partial charge >= 0.3 is 66.7 Å². The fourth-order valence-electron chi connectivity index (χ4n) is 0.932. The van der Waals surface area contributed by atoms with Crippen LogP contribution in [0.4, 0.5) is 4.20 Å². The van der Waals surface area contributed by atoms with Gasteiger partial charge < -0.3 is 0 Å². The minimum absolute atomic E-state index is 0.846. The molecule has 11 heavy (non-hydrogen) atoms. The number of rotatable bonds is 1. The van der Waals surface area contributed by atoms with Crippen LogP contribution in [0.25, 0.3) is 0 Å². The number of halogens is 1. The average Bonchev–Trinajstić information content (AvgIpc) is 1.86. The van der Waals surface area contributed by atoms with Crippen molar-refractivity contribution in [2.75, 3.05) is 20.0 Å². The van der Waals surface area contributed by atoms with Crippen molar-refractivity contribution in [2.45, 2.75) is 0 Å². The summed E-state index contributed by atoms with van der Waals surface area (Å²) in [6.07, 6.45) is 0. The van der Waals surface area contributed by atoms with E-state index in [0.29, 0.717) is 0 Å². The summed E-state index contributed by atoms with van der Waals surface area (Å²) in [4.78, 5) is 0. The number of hydrogen-bond donors (Lipinski definition) is 0. The van der Waals surface area contributed by atoms with Gasteiger partial charge in [-0.2, -0.15) is 0 Å². The van der Waals surface area contributed by atoms with E-state index in [2.05, 4.69) is 0 Å². The fraction of sp³-hybridized carbons (Fsp3) is 0.333. The fourth-order valence-corrected chi connectivity index (χ4v) is 2.11. The normalized spacial score (nSPS) is 15.5. The first-order valence-corrected chi connectivity index (χ1v) is 7.11. The molecule has 0 fully saturated rings. The molecule has 1 aromatic carbocycles. The SMILES string of the molecule is CP(C)(C)(F)c1ccccc1. The summed E-state index contributed by atoms with van der Waals surface area (Å²) in [5.41, 5.74) is 0. The van der Waals surface area contributed by atoms with Gasteiger partial charge in [-0.1, -0.05) is 0 Å². The summed E-state index contributed by atoms with van der Waals surface area (Å²) in [5.74, 6) is 0. The third kappa shape index (κ3) is 2.27. The van der Waals surface area contributed by atoms with Gasteiger partial charge in [0.15, 0.2) is 0 Å². The Bertz CT molecular complexity index is 236. The van der Waals surface area contributed by atoms with Crippen molar-refractivity contribution in [2.24, 2.45) is 0 Å². The molecule has 0 radical (unpaired) electrons. The summed E-state index contributed by atoms with van der Waals surface area (Å²) < 4.78 is 13.9. The van der Waals surface area contributed by atoms with E-state index in [1.54, 1.807) is 20.0 Å². The molecule has 2 heteroatoms. The van der Waals surface area contributed by atoms with Crippen molar-refractivity contribution in [1.29, 1.82) is 0 Å². The van der Waals surface area contributed by atoms with Crippen LogP contribution < -0.4 is 5.30 Å². The summed E-state index contributed by atoms with van der Waals surface area (Å²) in [7, 11) is 0. The van der Waals surface area contributed by atoms with E-state index >= 15 is 0 Å². The molecular weight excluding hydrogens is 158 g/mol. The summed E-state index contributed by atoms with van der Waals surface area (Å²) >= 11 is 0. The van der Waals surface area contributed by atoms with Crippen LogP contribution in [-0.4, -0.2) is 20.0 Å². The van der Waals surface area contributed by atoms with Crippen LogP contribution in [0, 0.1) is 0 Å². The topological polar surface area (TPSA) is 0 Å². The third-order valence-electron chi connectivity index (χ3n) is 1.63. The predicted octanol–water partition coefficient (Wildman–Crippen LogP) is 2.64. The van der Waals surface area contributed by atoms with Crippen molar-refractivity contribution in [3.63, 3.8) is 0 Å². The van der Waals surface area contributed by atoms with Gasteiger partial charge in [-0.25, -0.2) is 0 Å². The monoisotopic (exact) mass is 172 g/mol. The molecule has 0 bridgehead atoms. The molecule has 0 aromatic heterocycles. The predicted molar refractivity (Wildman–Crippen MR) is 51.9 cm³/mol. The van der Waals surface area contributed by atoms with Crippen LogP contribution in [0.1, 0.15) is 0 Å². The number of hydrogen-bond acceptors (Lipinski definition) is 0. The van der Waals surface area contributed by atoms with Crippen molar-refractivity contribution < 1.29 is 4.20 Å². The maximum absolute atomic E-state index is 13.9. The third-order valence-corrected chi connectivity index (χ3v) is 3.67. The van der Waals surface area contributed by atoms with Crippen LogP contribution >= 0.6 is 6.91 Å². The van der Waals surface area contributed by atoms with Crippen molar-refractivity contribution in [3.05, 3.63) is 30.3 Å². The first-order chi connectivity index (χ1) is 4.86. The van der Waals surface area contributed by atoms with Crippen LogP contribution in [0.15, 0.2) is 30.3 Å². The van der Waals surface area contributed by atoms with E-state index in [4.69, 9.17) is 0 Å². The van der Waals surface area contributed by atoms with Crippen LogP contribution in [-0.2, 0) is 0 Å². The van der Waals surface area contributed by atoms with E-state index in [1.807, 2.05) is 30.3 Å². The summed E-state index contributed by atoms with van der Waals surface area (Å²) in [6, 6.07) is 9.39. The van der Waals surface area contributed by atoms with Crippen molar-refractivity contribution in [3.8, 4) is 0 Å². The molecule has 0 nitrogen and oxygen atoms in total. The second-order valence-electron chi connectivity index (χ2n) is 3.94. The van der Waals surface area contributed by atoms with Crippen LogP contribution in [0.5, 0.6) is 0 Å². The Labute approximate surface area is 67.5 Å². The zero-order chi connectivity index (χ0) is 8.56. The van der Waals surface area contributed by atoms with Gasteiger partial charge in [0.05, 0.1) is 0 Å². The Morgan fingerprint density at radius 2 is 1.45 bits per heavy atom. The minimum atomic E-state index is -2.99. The molecule has 0 aliphatic carbocycles. The zero-order valence-corrected chi connectivity index (χ0v) is 8.11. The molecule has 0 saturated carbocycles. The molecule has 0 heterocycles. The first kappa shape index (κ1) is 8.67. The Hall–Kier alpha value is -0.420. The average molecular weight is 172 g/mol. The van der Waals surface area contributed by atoms with Gasteiger partial charge in [-0.15, -0.1) is 0 Å². The molecule has 0 spiro atoms. The summed E-state index contributed by atoms with van der Waals surface area (Å²) in [6.45, 7) is 2.14. The Morgan fingerprint density at radius 3 is 1.73 bits per heavy atom. The molecule has 1 aromatic rings. The van der Waals surface area contributed by atoms with Gasteiger partial charge in [0, 0.05) is 0 Å². The van der Waals surface area contributed by atoms with Gasteiger partial charge in [-0.3, -0.25) is 0 Å². The van der Waals surface area contributed by atoms with Crippen LogP contribution in [0.2, 0.25) is 0 Å². The van der Waals surface area contributed by atoms with E-state index in [1.165, 1.54) is 0 Å².